The summed E-state index contributed by atoms with van der Waals surface area (Å²) >= 11 is 1.56. The summed E-state index contributed by atoms with van der Waals surface area (Å²) in [5, 5.41) is 4.22. The molecule has 1 aromatic carbocycles. The molecule has 1 aliphatic carbocycles. The number of hydrogen-bond donors (Lipinski definition) is 1. The predicted molar refractivity (Wildman–Crippen MR) is 89.7 cm³/mol. The average molecular weight is 304 g/mol. The van der Waals surface area contributed by atoms with Crippen LogP contribution in [0, 0.1) is 0 Å². The van der Waals surface area contributed by atoms with Crippen LogP contribution in [0.4, 0.5) is 0 Å². The number of amides is 1. The summed E-state index contributed by atoms with van der Waals surface area (Å²) in [7, 11) is 0. The summed E-state index contributed by atoms with van der Waals surface area (Å²) < 4.78 is 0. The minimum Gasteiger partial charge on any atom is -0.272 e. The molecule has 21 heavy (non-hydrogen) atoms. The quantitative estimate of drug-likeness (QED) is 0.662. The first-order valence-corrected chi connectivity index (χ1v) is 8.70. The molecule has 0 radical (unpaired) electrons. The Hall–Kier alpha value is -1.29. The highest BCUT2D eigenvalue weighted by molar-refractivity contribution is 8.00. The monoisotopic (exact) mass is 304 g/mol. The van der Waals surface area contributed by atoms with Crippen LogP contribution in [-0.2, 0) is 4.79 Å². The molecule has 0 aromatic heterocycles. The SMILES string of the molecule is C[C@@H](Sc1ccccc1)C(=O)NN=C1CCCCCCC1. The van der Waals surface area contributed by atoms with Gasteiger partial charge < -0.3 is 0 Å². The zero-order chi connectivity index (χ0) is 14.9. The van der Waals surface area contributed by atoms with Crippen molar-refractivity contribution in [2.24, 2.45) is 5.10 Å². The molecule has 0 spiro atoms. The van der Waals surface area contributed by atoms with E-state index in [0.29, 0.717) is 0 Å². The summed E-state index contributed by atoms with van der Waals surface area (Å²) in [6.45, 7) is 1.92. The Morgan fingerprint density at radius 3 is 2.38 bits per heavy atom. The van der Waals surface area contributed by atoms with Crippen molar-refractivity contribution >= 4 is 23.4 Å². The zero-order valence-electron chi connectivity index (χ0n) is 12.7. The molecule has 1 saturated carbocycles. The van der Waals surface area contributed by atoms with Crippen molar-refractivity contribution in [2.75, 3.05) is 0 Å². The summed E-state index contributed by atoms with van der Waals surface area (Å²) in [6.07, 6.45) is 8.36. The van der Waals surface area contributed by atoms with Crippen molar-refractivity contribution in [2.45, 2.75) is 62.0 Å². The number of rotatable bonds is 4. The van der Waals surface area contributed by atoms with Gasteiger partial charge in [-0.05, 0) is 44.7 Å². The van der Waals surface area contributed by atoms with E-state index in [0.717, 1.165) is 23.4 Å². The van der Waals surface area contributed by atoms with Gasteiger partial charge in [0.15, 0.2) is 0 Å². The molecule has 1 N–H and O–H groups in total. The highest BCUT2D eigenvalue weighted by Crippen LogP contribution is 2.22. The van der Waals surface area contributed by atoms with Crippen LogP contribution in [0.3, 0.4) is 0 Å². The third-order valence-corrected chi connectivity index (χ3v) is 4.79. The predicted octanol–water partition coefficient (Wildman–Crippen LogP) is 4.38. The van der Waals surface area contributed by atoms with Gasteiger partial charge in [0, 0.05) is 10.6 Å². The molecule has 1 aliphatic rings. The fourth-order valence-corrected chi connectivity index (χ4v) is 3.29. The third-order valence-electron chi connectivity index (χ3n) is 3.68. The van der Waals surface area contributed by atoms with Crippen molar-refractivity contribution in [3.05, 3.63) is 30.3 Å². The summed E-state index contributed by atoms with van der Waals surface area (Å²) in [6, 6.07) is 10.0. The highest BCUT2D eigenvalue weighted by Gasteiger charge is 2.14. The fraction of sp³-hybridized carbons (Fsp3) is 0.529. The molecule has 1 amide bonds. The van der Waals surface area contributed by atoms with Crippen LogP contribution < -0.4 is 5.43 Å². The van der Waals surface area contributed by atoms with Gasteiger partial charge >= 0.3 is 0 Å². The first kappa shape index (κ1) is 16.1. The van der Waals surface area contributed by atoms with Crippen LogP contribution in [0.1, 0.15) is 51.9 Å². The van der Waals surface area contributed by atoms with Crippen LogP contribution in [-0.4, -0.2) is 16.9 Å². The van der Waals surface area contributed by atoms with E-state index >= 15 is 0 Å². The van der Waals surface area contributed by atoms with E-state index in [9.17, 15) is 4.79 Å². The average Bonchev–Trinajstić information content (AvgIpc) is 2.47. The van der Waals surface area contributed by atoms with Gasteiger partial charge in [0.05, 0.1) is 5.25 Å². The zero-order valence-corrected chi connectivity index (χ0v) is 13.5. The topological polar surface area (TPSA) is 41.5 Å². The molecule has 0 saturated heterocycles. The van der Waals surface area contributed by atoms with Gasteiger partial charge in [-0.25, -0.2) is 5.43 Å². The van der Waals surface area contributed by atoms with Gasteiger partial charge in [0.25, 0.3) is 5.91 Å². The Morgan fingerprint density at radius 1 is 1.10 bits per heavy atom. The molecule has 0 unspecified atom stereocenters. The maximum atomic E-state index is 12.1. The Morgan fingerprint density at radius 2 is 1.71 bits per heavy atom. The van der Waals surface area contributed by atoms with E-state index in [4.69, 9.17) is 0 Å². The van der Waals surface area contributed by atoms with Crippen molar-refractivity contribution in [1.82, 2.24) is 5.43 Å². The number of hydrazone groups is 1. The van der Waals surface area contributed by atoms with Crippen LogP contribution >= 0.6 is 11.8 Å². The molecule has 1 fully saturated rings. The van der Waals surface area contributed by atoms with E-state index in [1.165, 1.54) is 32.1 Å². The minimum absolute atomic E-state index is 0.0154. The smallest absolute Gasteiger partial charge is 0.253 e. The highest BCUT2D eigenvalue weighted by atomic mass is 32.2. The lowest BCUT2D eigenvalue weighted by Crippen LogP contribution is -2.28. The molecular weight excluding hydrogens is 280 g/mol. The lowest BCUT2D eigenvalue weighted by Gasteiger charge is -2.13. The number of hydrogen-bond acceptors (Lipinski definition) is 3. The second-order valence-corrected chi connectivity index (χ2v) is 6.91. The Kier molecular flexibility index (Phi) is 6.80. The van der Waals surface area contributed by atoms with Crippen LogP contribution in [0.5, 0.6) is 0 Å². The van der Waals surface area contributed by atoms with Crippen LogP contribution in [0.15, 0.2) is 40.3 Å². The third kappa shape index (κ3) is 5.92. The molecule has 0 aliphatic heterocycles. The van der Waals surface area contributed by atoms with Crippen molar-refractivity contribution in [1.29, 1.82) is 0 Å². The first-order valence-electron chi connectivity index (χ1n) is 7.82. The molecule has 114 valence electrons. The maximum absolute atomic E-state index is 12.1. The van der Waals surface area contributed by atoms with Gasteiger partial charge in [-0.15, -0.1) is 11.8 Å². The second-order valence-electron chi connectivity index (χ2n) is 5.49. The van der Waals surface area contributed by atoms with E-state index in [2.05, 4.69) is 10.5 Å². The second kappa shape index (κ2) is 8.88. The van der Waals surface area contributed by atoms with Gasteiger partial charge in [-0.2, -0.15) is 5.10 Å². The number of nitrogens with zero attached hydrogens (tertiary/aromatic N) is 1. The first-order chi connectivity index (χ1) is 10.3. The number of thioether (sulfide) groups is 1. The van der Waals surface area contributed by atoms with Crippen LogP contribution in [0.2, 0.25) is 0 Å². The van der Waals surface area contributed by atoms with Crippen molar-refractivity contribution < 1.29 is 4.79 Å². The Labute approximate surface area is 131 Å². The van der Waals surface area contributed by atoms with E-state index in [1.54, 1.807) is 11.8 Å². The van der Waals surface area contributed by atoms with E-state index in [-0.39, 0.29) is 11.2 Å². The molecule has 0 heterocycles. The lowest BCUT2D eigenvalue weighted by molar-refractivity contribution is -0.120. The molecule has 4 heteroatoms. The number of carbonyl (C=O) groups excluding carboxylic acids is 1. The standard InChI is InChI=1S/C17H24N2OS/c1-14(21-16-12-8-5-9-13-16)17(20)19-18-15-10-6-3-2-4-7-11-15/h5,8-9,12-14H,2-4,6-7,10-11H2,1H3,(H,19,20)/t14-/m1/s1. The Balaban J connectivity index is 1.82. The normalized spacial score (nSPS) is 17.5. The summed E-state index contributed by atoms with van der Waals surface area (Å²) in [4.78, 5) is 13.2. The van der Waals surface area contributed by atoms with Crippen molar-refractivity contribution in [3.8, 4) is 0 Å². The molecule has 2 rings (SSSR count). The van der Waals surface area contributed by atoms with Crippen LogP contribution in [0.25, 0.3) is 0 Å². The largest absolute Gasteiger partial charge is 0.272 e. The molecule has 1 aromatic rings. The maximum Gasteiger partial charge on any atom is 0.253 e. The number of nitrogens with one attached hydrogen (secondary N) is 1. The minimum atomic E-state index is -0.134. The summed E-state index contributed by atoms with van der Waals surface area (Å²) in [5.74, 6) is -0.0154. The lowest BCUT2D eigenvalue weighted by atomic mass is 9.99. The van der Waals surface area contributed by atoms with E-state index in [1.807, 2.05) is 37.3 Å². The Bertz CT molecular complexity index is 463. The van der Waals surface area contributed by atoms with Gasteiger partial charge in [0.2, 0.25) is 0 Å². The molecule has 3 nitrogen and oxygen atoms in total. The number of carbonyl (C=O) groups is 1. The molecule has 1 atom stereocenters. The number of benzene rings is 1. The van der Waals surface area contributed by atoms with Gasteiger partial charge in [-0.1, -0.05) is 37.5 Å². The molecular formula is C17H24N2OS. The van der Waals surface area contributed by atoms with E-state index < -0.39 is 0 Å². The molecule has 0 bridgehead atoms. The summed E-state index contributed by atoms with van der Waals surface area (Å²) in [5.41, 5.74) is 3.90. The van der Waals surface area contributed by atoms with Crippen molar-refractivity contribution in [3.63, 3.8) is 0 Å². The van der Waals surface area contributed by atoms with Gasteiger partial charge in [0.1, 0.15) is 0 Å². The van der Waals surface area contributed by atoms with Gasteiger partial charge in [-0.3, -0.25) is 4.79 Å². The fourth-order valence-electron chi connectivity index (χ4n) is 2.41.